The number of benzene rings is 1. The topological polar surface area (TPSA) is 60.9 Å². The standard InChI is InChI=1S/C16H18N2O3/c1-10-4-3-5-12(11(10)2)17-6-8-18(9-7-17)13-14(19)16(21)15(13)20/h3-5,19H,6-9H2,1-2H3. The van der Waals surface area contributed by atoms with Gasteiger partial charge in [0, 0.05) is 31.9 Å². The molecule has 5 heteroatoms. The molecule has 0 aromatic heterocycles. The Labute approximate surface area is 122 Å². The zero-order valence-corrected chi connectivity index (χ0v) is 12.2. The summed E-state index contributed by atoms with van der Waals surface area (Å²) in [4.78, 5) is 26.7. The first kappa shape index (κ1) is 13.7. The third kappa shape index (κ3) is 2.09. The van der Waals surface area contributed by atoms with Gasteiger partial charge in [-0.25, -0.2) is 0 Å². The predicted octanol–water partition coefficient (Wildman–Crippen LogP) is 0.932. The highest BCUT2D eigenvalue weighted by atomic mass is 16.3. The van der Waals surface area contributed by atoms with E-state index < -0.39 is 10.9 Å². The zero-order valence-electron chi connectivity index (χ0n) is 12.2. The highest BCUT2D eigenvalue weighted by molar-refractivity contribution is 5.64. The van der Waals surface area contributed by atoms with Gasteiger partial charge in [-0.2, -0.15) is 0 Å². The molecule has 2 aromatic carbocycles. The van der Waals surface area contributed by atoms with E-state index in [0.717, 1.165) is 13.1 Å². The molecule has 1 aliphatic heterocycles. The summed E-state index contributed by atoms with van der Waals surface area (Å²) < 4.78 is 0. The monoisotopic (exact) mass is 286 g/mol. The average Bonchev–Trinajstić information content (AvgIpc) is 2.51. The molecule has 1 N–H and O–H groups in total. The number of aromatic hydroxyl groups is 1. The lowest BCUT2D eigenvalue weighted by Crippen LogP contribution is -2.50. The van der Waals surface area contributed by atoms with E-state index in [9.17, 15) is 14.7 Å². The van der Waals surface area contributed by atoms with E-state index in [0.29, 0.717) is 13.1 Å². The van der Waals surface area contributed by atoms with Crippen LogP contribution < -0.4 is 20.7 Å². The van der Waals surface area contributed by atoms with Gasteiger partial charge < -0.3 is 14.9 Å². The second-order valence-corrected chi connectivity index (χ2v) is 5.55. The fourth-order valence-electron chi connectivity index (χ4n) is 2.91. The Bertz CT molecular complexity index is 751. The van der Waals surface area contributed by atoms with Gasteiger partial charge >= 0.3 is 0 Å². The summed E-state index contributed by atoms with van der Waals surface area (Å²) in [5.74, 6) is -0.375. The molecule has 0 unspecified atom stereocenters. The Balaban J connectivity index is 1.75. The van der Waals surface area contributed by atoms with Crippen molar-refractivity contribution in [2.45, 2.75) is 13.8 Å². The molecule has 0 atom stereocenters. The van der Waals surface area contributed by atoms with Crippen molar-refractivity contribution in [2.75, 3.05) is 36.0 Å². The van der Waals surface area contributed by atoms with Gasteiger partial charge in [0.15, 0.2) is 5.75 Å². The summed E-state index contributed by atoms with van der Waals surface area (Å²) in [5, 5.41) is 9.52. The van der Waals surface area contributed by atoms with Crippen molar-refractivity contribution < 1.29 is 5.11 Å². The van der Waals surface area contributed by atoms with Gasteiger partial charge in [0.1, 0.15) is 5.69 Å². The van der Waals surface area contributed by atoms with Gasteiger partial charge in [-0.3, -0.25) is 9.59 Å². The Morgan fingerprint density at radius 3 is 2.19 bits per heavy atom. The Morgan fingerprint density at radius 2 is 1.57 bits per heavy atom. The summed E-state index contributed by atoms with van der Waals surface area (Å²) >= 11 is 0. The van der Waals surface area contributed by atoms with Crippen molar-refractivity contribution in [2.24, 2.45) is 0 Å². The summed E-state index contributed by atoms with van der Waals surface area (Å²) in [5.41, 5.74) is 2.61. The molecule has 0 spiro atoms. The van der Waals surface area contributed by atoms with Gasteiger partial charge in [-0.1, -0.05) is 12.1 Å². The van der Waals surface area contributed by atoms with Gasteiger partial charge in [0.05, 0.1) is 0 Å². The van der Waals surface area contributed by atoms with Crippen LogP contribution in [-0.4, -0.2) is 31.3 Å². The van der Waals surface area contributed by atoms with Crippen LogP contribution in [0.25, 0.3) is 0 Å². The second kappa shape index (κ2) is 4.91. The van der Waals surface area contributed by atoms with E-state index >= 15 is 0 Å². The van der Waals surface area contributed by atoms with E-state index in [2.05, 4.69) is 30.9 Å². The van der Waals surface area contributed by atoms with Crippen molar-refractivity contribution in [1.82, 2.24) is 0 Å². The van der Waals surface area contributed by atoms with Crippen molar-refractivity contribution in [3.63, 3.8) is 0 Å². The zero-order chi connectivity index (χ0) is 15.1. The van der Waals surface area contributed by atoms with Crippen LogP contribution in [0, 0.1) is 13.8 Å². The van der Waals surface area contributed by atoms with Crippen LogP contribution in [0.15, 0.2) is 27.8 Å². The minimum atomic E-state index is -0.762. The van der Waals surface area contributed by atoms with Crippen molar-refractivity contribution in [3.8, 4) is 5.75 Å². The largest absolute Gasteiger partial charge is 0.502 e. The minimum absolute atomic E-state index is 0.195. The molecule has 0 aliphatic carbocycles. The molecule has 3 rings (SSSR count). The molecular weight excluding hydrogens is 268 g/mol. The van der Waals surface area contributed by atoms with Gasteiger partial charge in [0.25, 0.3) is 10.9 Å². The van der Waals surface area contributed by atoms with Crippen LogP contribution in [0.3, 0.4) is 0 Å². The van der Waals surface area contributed by atoms with Gasteiger partial charge in [-0.05, 0) is 31.0 Å². The summed E-state index contributed by atoms with van der Waals surface area (Å²) in [6, 6.07) is 6.25. The fourth-order valence-corrected chi connectivity index (χ4v) is 2.91. The third-order valence-corrected chi connectivity index (χ3v) is 4.37. The van der Waals surface area contributed by atoms with Crippen LogP contribution in [0.4, 0.5) is 11.4 Å². The predicted molar refractivity (Wildman–Crippen MR) is 83.4 cm³/mol. The normalized spacial score (nSPS) is 15.7. The average molecular weight is 286 g/mol. The summed E-state index contributed by atoms with van der Waals surface area (Å²) in [6.07, 6.45) is 0. The van der Waals surface area contributed by atoms with Crippen LogP contribution >= 0.6 is 0 Å². The molecule has 2 aromatic rings. The molecule has 0 radical (unpaired) electrons. The molecule has 21 heavy (non-hydrogen) atoms. The first-order chi connectivity index (χ1) is 10.0. The molecule has 1 saturated heterocycles. The Hall–Kier alpha value is -2.30. The van der Waals surface area contributed by atoms with Gasteiger partial charge in [0.2, 0.25) is 0 Å². The van der Waals surface area contributed by atoms with Crippen LogP contribution in [0.2, 0.25) is 0 Å². The smallest absolute Gasteiger partial charge is 0.271 e. The van der Waals surface area contributed by atoms with Crippen molar-refractivity contribution >= 4 is 11.4 Å². The number of hydrogen-bond donors (Lipinski definition) is 1. The lowest BCUT2D eigenvalue weighted by Gasteiger charge is -2.38. The number of aryl methyl sites for hydroxylation is 1. The summed E-state index contributed by atoms with van der Waals surface area (Å²) in [7, 11) is 0. The second-order valence-electron chi connectivity index (χ2n) is 5.55. The molecule has 0 amide bonds. The molecule has 110 valence electrons. The van der Waals surface area contributed by atoms with E-state index in [1.165, 1.54) is 16.8 Å². The molecule has 5 nitrogen and oxygen atoms in total. The SMILES string of the molecule is Cc1cccc(N2CCN(c3c(O)c(=O)c3=O)CC2)c1C. The molecule has 1 heterocycles. The van der Waals surface area contributed by atoms with Crippen LogP contribution in [-0.2, 0) is 0 Å². The van der Waals surface area contributed by atoms with Crippen molar-refractivity contribution in [1.29, 1.82) is 0 Å². The molecule has 0 bridgehead atoms. The van der Waals surface area contributed by atoms with E-state index in [4.69, 9.17) is 0 Å². The number of hydrogen-bond acceptors (Lipinski definition) is 5. The first-order valence-corrected chi connectivity index (χ1v) is 7.09. The lowest BCUT2D eigenvalue weighted by molar-refractivity contribution is 0.459. The number of piperazine rings is 1. The Morgan fingerprint density at radius 1 is 0.952 bits per heavy atom. The van der Waals surface area contributed by atoms with Crippen molar-refractivity contribution in [3.05, 3.63) is 49.8 Å². The molecule has 1 aliphatic rings. The maximum Gasteiger partial charge on any atom is 0.271 e. The van der Waals surface area contributed by atoms with E-state index in [1.54, 1.807) is 4.90 Å². The van der Waals surface area contributed by atoms with E-state index in [-0.39, 0.29) is 11.4 Å². The molecular formula is C16H18N2O3. The first-order valence-electron chi connectivity index (χ1n) is 7.09. The highest BCUT2D eigenvalue weighted by Crippen LogP contribution is 2.26. The number of rotatable bonds is 2. The van der Waals surface area contributed by atoms with Crippen LogP contribution in [0.1, 0.15) is 11.1 Å². The maximum absolute atomic E-state index is 11.5. The summed E-state index contributed by atoms with van der Waals surface area (Å²) in [6.45, 7) is 7.00. The quantitative estimate of drug-likeness (QED) is 0.832. The van der Waals surface area contributed by atoms with Gasteiger partial charge in [-0.15, -0.1) is 0 Å². The molecule has 0 saturated carbocycles. The third-order valence-electron chi connectivity index (χ3n) is 4.37. The Kier molecular flexibility index (Phi) is 3.20. The van der Waals surface area contributed by atoms with E-state index in [1.807, 2.05) is 6.07 Å². The lowest BCUT2D eigenvalue weighted by atomic mass is 10.1. The molecule has 1 fully saturated rings. The minimum Gasteiger partial charge on any atom is -0.502 e. The number of nitrogens with zero attached hydrogens (tertiary/aromatic N) is 2. The number of anilines is 2. The highest BCUT2D eigenvalue weighted by Gasteiger charge is 2.28. The maximum atomic E-state index is 11.5. The fraction of sp³-hybridized carbons (Fsp3) is 0.375. The van der Waals surface area contributed by atoms with Crippen LogP contribution in [0.5, 0.6) is 5.75 Å².